The Morgan fingerprint density at radius 1 is 1.07 bits per heavy atom. The van der Waals surface area contributed by atoms with Crippen molar-refractivity contribution < 1.29 is 26.4 Å². The molecule has 0 aromatic heterocycles. The molecule has 11 heteroatoms. The molecule has 1 amide bonds. The molecule has 1 spiro atoms. The number of aryl methyl sites for hydroxylation is 1. The van der Waals surface area contributed by atoms with E-state index in [-0.39, 0.29) is 22.0 Å². The number of ether oxygens (including phenoxy) is 1. The monoisotopic (exact) mass is 632 g/mol. The van der Waals surface area contributed by atoms with E-state index >= 15 is 0 Å². The smallest absolute Gasteiger partial charge is 0.264 e. The Bertz CT molecular complexity index is 1640. The molecule has 1 fully saturated rings. The SMILES string of the molecule is CC1/C=C/CS(=O)(=O)CCC(=O)NS(=O)(=O)c2ccc3c(c2)N(C[C@@H]2CC[C@@H]12)C[C@@]1(CCCc2cc(Cl)ccc21)CO3. The molecule has 42 heavy (non-hydrogen) atoms. The normalized spacial score (nSPS) is 31.2. The summed E-state index contributed by atoms with van der Waals surface area (Å²) in [4.78, 5) is 14.8. The van der Waals surface area contributed by atoms with Crippen LogP contribution in [0.3, 0.4) is 0 Å². The van der Waals surface area contributed by atoms with Crippen LogP contribution < -0.4 is 14.4 Å². The lowest BCUT2D eigenvalue weighted by Gasteiger charge is -2.46. The van der Waals surface area contributed by atoms with Crippen LogP contribution in [0.5, 0.6) is 5.75 Å². The third-order valence-electron chi connectivity index (χ3n) is 9.60. The Morgan fingerprint density at radius 3 is 2.69 bits per heavy atom. The molecule has 2 aromatic carbocycles. The first-order valence-corrected chi connectivity index (χ1v) is 18.4. The maximum absolute atomic E-state index is 13.3. The average molecular weight is 633 g/mol. The van der Waals surface area contributed by atoms with E-state index in [1.54, 1.807) is 18.2 Å². The lowest BCUT2D eigenvalue weighted by molar-refractivity contribution is -0.118. The van der Waals surface area contributed by atoms with Crippen LogP contribution in [0.4, 0.5) is 5.69 Å². The van der Waals surface area contributed by atoms with Gasteiger partial charge in [0.1, 0.15) is 5.75 Å². The standard InChI is InChI=1S/C31H37ClN2O6S2/c1-21-4-3-14-41(36,37)15-12-30(35)33-42(38,39)25-8-11-29-28(17-25)34(18-23-6-9-26(21)23)19-31(20-40-29)13-2-5-22-16-24(32)7-10-27(22)31/h3-4,7-8,10-11,16-17,21,23,26H,2,5-6,9,12-15,18-20H2,1H3,(H,33,35)/b4-3+/t21?,23-,26-,31-/m0/s1. The molecule has 1 saturated carbocycles. The van der Waals surface area contributed by atoms with Gasteiger partial charge in [0.25, 0.3) is 10.0 Å². The largest absolute Gasteiger partial charge is 0.490 e. The second-order valence-electron chi connectivity index (χ2n) is 12.4. The zero-order chi connectivity index (χ0) is 29.7. The van der Waals surface area contributed by atoms with Gasteiger partial charge in [0.15, 0.2) is 9.84 Å². The quantitative estimate of drug-likeness (QED) is 0.421. The number of hydrogen-bond acceptors (Lipinski definition) is 7. The molecule has 0 saturated heterocycles. The number of halogens is 1. The van der Waals surface area contributed by atoms with E-state index in [9.17, 15) is 21.6 Å². The van der Waals surface area contributed by atoms with Crippen LogP contribution in [0.15, 0.2) is 53.4 Å². The summed E-state index contributed by atoms with van der Waals surface area (Å²) in [7, 11) is -7.78. The van der Waals surface area contributed by atoms with E-state index in [2.05, 4.69) is 28.7 Å². The highest BCUT2D eigenvalue weighted by molar-refractivity contribution is 7.91. The zero-order valence-electron chi connectivity index (χ0n) is 23.7. The number of sulfone groups is 1. The van der Waals surface area contributed by atoms with Crippen LogP contribution >= 0.6 is 11.6 Å². The number of nitrogens with one attached hydrogen (secondary N) is 1. The van der Waals surface area contributed by atoms with Crippen molar-refractivity contribution in [3.8, 4) is 5.75 Å². The van der Waals surface area contributed by atoms with Crippen LogP contribution in [0.1, 0.15) is 50.2 Å². The number of fused-ring (bicyclic) bond motifs is 4. The summed E-state index contributed by atoms with van der Waals surface area (Å²) < 4.78 is 60.2. The van der Waals surface area contributed by atoms with Gasteiger partial charge in [-0.15, -0.1) is 0 Å². The first-order valence-electron chi connectivity index (χ1n) is 14.7. The third-order valence-corrected chi connectivity index (χ3v) is 12.7. The summed E-state index contributed by atoms with van der Waals surface area (Å²) in [5.74, 6) is 0.111. The number of benzene rings is 2. The lowest BCUT2D eigenvalue weighted by Crippen LogP contribution is -2.49. The van der Waals surface area contributed by atoms with E-state index in [4.69, 9.17) is 16.3 Å². The summed E-state index contributed by atoms with van der Waals surface area (Å²) in [5.41, 5.74) is 2.87. The van der Waals surface area contributed by atoms with Crippen molar-refractivity contribution in [3.05, 3.63) is 64.7 Å². The molecule has 2 bridgehead atoms. The van der Waals surface area contributed by atoms with E-state index in [0.717, 1.165) is 38.6 Å². The number of sulfonamides is 1. The van der Waals surface area contributed by atoms with Crippen LogP contribution in [0.25, 0.3) is 0 Å². The highest BCUT2D eigenvalue weighted by Crippen LogP contribution is 2.47. The van der Waals surface area contributed by atoms with Crippen molar-refractivity contribution in [2.75, 3.05) is 36.1 Å². The molecule has 2 aliphatic carbocycles. The number of carbonyl (C=O) groups excluding carboxylic acids is 1. The second kappa shape index (κ2) is 11.2. The van der Waals surface area contributed by atoms with Gasteiger partial charge in [-0.05, 0) is 91.3 Å². The molecule has 4 atom stereocenters. The van der Waals surface area contributed by atoms with Gasteiger partial charge in [-0.3, -0.25) is 4.79 Å². The Balaban J connectivity index is 1.42. The Kier molecular flexibility index (Phi) is 7.85. The second-order valence-corrected chi connectivity index (χ2v) is 16.8. The highest BCUT2D eigenvalue weighted by atomic mass is 35.5. The molecule has 1 N–H and O–H groups in total. The van der Waals surface area contributed by atoms with Gasteiger partial charge in [-0.2, -0.15) is 0 Å². The van der Waals surface area contributed by atoms with Gasteiger partial charge in [0.05, 0.1) is 28.7 Å². The average Bonchev–Trinajstić information content (AvgIpc) is 3.06. The van der Waals surface area contributed by atoms with Crippen molar-refractivity contribution in [2.24, 2.45) is 17.8 Å². The molecule has 6 rings (SSSR count). The van der Waals surface area contributed by atoms with Gasteiger partial charge in [-0.25, -0.2) is 21.6 Å². The predicted octanol–water partition coefficient (Wildman–Crippen LogP) is 4.66. The van der Waals surface area contributed by atoms with Crippen LogP contribution in [0.2, 0.25) is 5.02 Å². The number of rotatable bonds is 0. The van der Waals surface area contributed by atoms with Crippen molar-refractivity contribution in [1.29, 1.82) is 0 Å². The van der Waals surface area contributed by atoms with Gasteiger partial charge in [0.2, 0.25) is 5.91 Å². The molecule has 8 nitrogen and oxygen atoms in total. The molecular formula is C31H37ClN2O6S2. The van der Waals surface area contributed by atoms with E-state index in [1.165, 1.54) is 17.2 Å². The minimum atomic E-state index is -4.23. The molecule has 0 radical (unpaired) electrons. The minimum Gasteiger partial charge on any atom is -0.490 e. The Hall–Kier alpha value is -2.56. The van der Waals surface area contributed by atoms with E-state index in [0.29, 0.717) is 41.4 Å². The summed E-state index contributed by atoms with van der Waals surface area (Å²) in [6, 6.07) is 10.8. The fourth-order valence-electron chi connectivity index (χ4n) is 7.21. The van der Waals surface area contributed by atoms with Crippen molar-refractivity contribution in [3.63, 3.8) is 0 Å². The Labute approximate surface area is 253 Å². The molecule has 226 valence electrons. The number of carbonyl (C=O) groups is 1. The molecule has 4 aliphatic rings. The maximum atomic E-state index is 13.3. The van der Waals surface area contributed by atoms with Gasteiger partial charge < -0.3 is 9.64 Å². The molecular weight excluding hydrogens is 596 g/mol. The number of hydrogen-bond donors (Lipinski definition) is 1. The molecule has 2 heterocycles. The topological polar surface area (TPSA) is 110 Å². The zero-order valence-corrected chi connectivity index (χ0v) is 26.1. The first kappa shape index (κ1) is 29.5. The van der Waals surface area contributed by atoms with Crippen LogP contribution in [-0.2, 0) is 36.5 Å². The number of nitrogens with zero attached hydrogens (tertiary/aromatic N) is 1. The number of allylic oxidation sites excluding steroid dienone is 1. The van der Waals surface area contributed by atoms with Crippen molar-refractivity contribution in [1.82, 2.24) is 4.72 Å². The lowest BCUT2D eigenvalue weighted by atomic mass is 9.66. The highest BCUT2D eigenvalue weighted by Gasteiger charge is 2.44. The summed E-state index contributed by atoms with van der Waals surface area (Å²) in [5, 5.41) is 0.716. The van der Waals surface area contributed by atoms with Gasteiger partial charge >= 0.3 is 0 Å². The molecule has 2 aliphatic heterocycles. The fourth-order valence-corrected chi connectivity index (χ4v) is 9.50. The van der Waals surface area contributed by atoms with Crippen molar-refractivity contribution in [2.45, 2.75) is 55.8 Å². The number of anilines is 1. The van der Waals surface area contributed by atoms with Crippen molar-refractivity contribution >= 4 is 43.1 Å². The van der Waals surface area contributed by atoms with E-state index < -0.39 is 37.9 Å². The first-order chi connectivity index (χ1) is 19.9. The molecule has 1 unspecified atom stereocenters. The third kappa shape index (κ3) is 5.82. The summed E-state index contributed by atoms with van der Waals surface area (Å²) >= 11 is 6.37. The number of amides is 1. The Morgan fingerprint density at radius 2 is 1.90 bits per heavy atom. The van der Waals surface area contributed by atoms with Gasteiger partial charge in [0, 0.05) is 29.9 Å². The predicted molar refractivity (Wildman–Crippen MR) is 163 cm³/mol. The molecule has 2 aromatic rings. The van der Waals surface area contributed by atoms with Crippen LogP contribution in [-0.4, -0.2) is 53.9 Å². The fraction of sp³-hybridized carbons (Fsp3) is 0.516. The van der Waals surface area contributed by atoms with Gasteiger partial charge in [-0.1, -0.05) is 36.7 Å². The summed E-state index contributed by atoms with van der Waals surface area (Å²) in [6.07, 6.45) is 8.23. The summed E-state index contributed by atoms with van der Waals surface area (Å²) in [6.45, 7) is 3.98. The maximum Gasteiger partial charge on any atom is 0.264 e. The van der Waals surface area contributed by atoms with E-state index in [1.807, 2.05) is 12.1 Å². The van der Waals surface area contributed by atoms with Crippen LogP contribution in [0, 0.1) is 17.8 Å². The minimum absolute atomic E-state index is 0.0534.